The lowest BCUT2D eigenvalue weighted by molar-refractivity contribution is 0.0143. The zero-order chi connectivity index (χ0) is 19.2. The van der Waals surface area contributed by atoms with Crippen LogP contribution in [0.15, 0.2) is 30.3 Å². The van der Waals surface area contributed by atoms with Gasteiger partial charge in [0.15, 0.2) is 0 Å². The van der Waals surface area contributed by atoms with Gasteiger partial charge in [0.25, 0.3) is 0 Å². The van der Waals surface area contributed by atoms with Crippen molar-refractivity contribution in [3.8, 4) is 0 Å². The van der Waals surface area contributed by atoms with Gasteiger partial charge in [-0.15, -0.1) is 0 Å². The van der Waals surface area contributed by atoms with Crippen LogP contribution in [0.4, 0.5) is 4.79 Å². The van der Waals surface area contributed by atoms with E-state index in [-0.39, 0.29) is 10.8 Å². The van der Waals surface area contributed by atoms with Crippen molar-refractivity contribution in [1.82, 2.24) is 9.80 Å². The van der Waals surface area contributed by atoms with Crippen molar-refractivity contribution < 1.29 is 9.53 Å². The van der Waals surface area contributed by atoms with Crippen molar-refractivity contribution in [3.05, 3.63) is 35.9 Å². The molecule has 1 aliphatic rings. The van der Waals surface area contributed by atoms with Gasteiger partial charge in [-0.2, -0.15) is 11.8 Å². The molecule has 26 heavy (non-hydrogen) atoms. The Labute approximate surface area is 163 Å². The minimum Gasteiger partial charge on any atom is -0.444 e. The molecule has 2 rings (SSSR count). The van der Waals surface area contributed by atoms with Crippen LogP contribution in [0.25, 0.3) is 0 Å². The van der Waals surface area contributed by atoms with E-state index < -0.39 is 5.60 Å². The van der Waals surface area contributed by atoms with E-state index in [1.165, 1.54) is 5.56 Å². The van der Waals surface area contributed by atoms with Crippen LogP contribution in [0.2, 0.25) is 0 Å². The SMILES string of the molecule is CC(C)(C)OC(=O)N1CCN(CCC(C)(C)SCc2ccccc2)CC1. The van der Waals surface area contributed by atoms with Gasteiger partial charge < -0.3 is 9.64 Å². The van der Waals surface area contributed by atoms with Crippen molar-refractivity contribution in [2.45, 2.75) is 57.1 Å². The highest BCUT2D eigenvalue weighted by atomic mass is 32.2. The lowest BCUT2D eigenvalue weighted by Gasteiger charge is -2.37. The number of carbonyl (C=O) groups excluding carboxylic acids is 1. The number of ether oxygens (including phenoxy) is 1. The van der Waals surface area contributed by atoms with Crippen molar-refractivity contribution in [3.63, 3.8) is 0 Å². The summed E-state index contributed by atoms with van der Waals surface area (Å²) in [6.45, 7) is 14.9. The first kappa shape index (κ1) is 21.1. The molecule has 1 amide bonds. The normalized spacial score (nSPS) is 16.6. The molecule has 0 N–H and O–H groups in total. The maximum Gasteiger partial charge on any atom is 0.410 e. The Morgan fingerprint density at radius 2 is 1.65 bits per heavy atom. The summed E-state index contributed by atoms with van der Waals surface area (Å²) in [5, 5.41) is 0. The second-order valence-corrected chi connectivity index (χ2v) is 10.3. The fraction of sp³-hybridized carbons (Fsp3) is 0.667. The molecule has 0 bridgehead atoms. The predicted octanol–water partition coefficient (Wildman–Crippen LogP) is 4.64. The van der Waals surface area contributed by atoms with E-state index in [1.807, 2.05) is 37.4 Å². The van der Waals surface area contributed by atoms with Gasteiger partial charge in [0.05, 0.1) is 0 Å². The largest absolute Gasteiger partial charge is 0.444 e. The zero-order valence-corrected chi connectivity index (χ0v) is 17.8. The summed E-state index contributed by atoms with van der Waals surface area (Å²) in [6.07, 6.45) is 0.965. The summed E-state index contributed by atoms with van der Waals surface area (Å²) in [6, 6.07) is 10.7. The number of rotatable bonds is 6. The number of hydrogen-bond acceptors (Lipinski definition) is 4. The maximum atomic E-state index is 12.1. The van der Waals surface area contributed by atoms with E-state index in [4.69, 9.17) is 4.74 Å². The molecule has 0 aromatic heterocycles. The van der Waals surface area contributed by atoms with Crippen molar-refractivity contribution in [1.29, 1.82) is 0 Å². The molecule has 1 aromatic carbocycles. The smallest absolute Gasteiger partial charge is 0.410 e. The standard InChI is InChI=1S/C21H34N2O2S/c1-20(2,3)25-19(24)23-15-13-22(14-16-23)12-11-21(4,5)26-17-18-9-7-6-8-10-18/h6-10H,11-17H2,1-5H3. The third-order valence-electron chi connectivity index (χ3n) is 4.53. The molecule has 1 saturated heterocycles. The Hall–Kier alpha value is -1.20. The van der Waals surface area contributed by atoms with Crippen LogP contribution < -0.4 is 0 Å². The van der Waals surface area contributed by atoms with E-state index in [0.717, 1.165) is 44.9 Å². The monoisotopic (exact) mass is 378 g/mol. The van der Waals surface area contributed by atoms with E-state index in [9.17, 15) is 4.79 Å². The number of hydrogen-bond donors (Lipinski definition) is 0. The lowest BCUT2D eigenvalue weighted by Crippen LogP contribution is -2.50. The fourth-order valence-corrected chi connectivity index (χ4v) is 3.82. The molecule has 1 aliphatic heterocycles. The average Bonchev–Trinajstić information content (AvgIpc) is 2.58. The summed E-state index contributed by atoms with van der Waals surface area (Å²) in [5.74, 6) is 1.06. The summed E-state index contributed by atoms with van der Waals surface area (Å²) in [4.78, 5) is 16.4. The number of amides is 1. The first-order valence-electron chi connectivity index (χ1n) is 9.53. The Kier molecular flexibility index (Phi) is 7.42. The van der Waals surface area contributed by atoms with Crippen molar-refractivity contribution >= 4 is 17.9 Å². The van der Waals surface area contributed by atoms with Crippen LogP contribution in [0.1, 0.15) is 46.6 Å². The molecule has 5 heteroatoms. The van der Waals surface area contributed by atoms with Crippen molar-refractivity contribution in [2.75, 3.05) is 32.7 Å². The molecule has 1 aromatic rings. The Bertz CT molecular complexity index is 561. The Morgan fingerprint density at radius 1 is 1.04 bits per heavy atom. The highest BCUT2D eigenvalue weighted by Gasteiger charge is 2.27. The van der Waals surface area contributed by atoms with Crippen LogP contribution in [-0.4, -0.2) is 59.0 Å². The summed E-state index contributed by atoms with van der Waals surface area (Å²) >= 11 is 2.02. The van der Waals surface area contributed by atoms with E-state index in [2.05, 4.69) is 49.1 Å². The number of carbonyl (C=O) groups is 1. The van der Waals surface area contributed by atoms with E-state index in [1.54, 1.807) is 0 Å². The third-order valence-corrected chi connectivity index (χ3v) is 5.99. The van der Waals surface area contributed by atoms with E-state index >= 15 is 0 Å². The molecule has 1 heterocycles. The highest BCUT2D eigenvalue weighted by molar-refractivity contribution is 7.99. The average molecular weight is 379 g/mol. The zero-order valence-electron chi connectivity index (χ0n) is 17.0. The van der Waals surface area contributed by atoms with Crippen LogP contribution in [-0.2, 0) is 10.5 Å². The molecule has 0 aliphatic carbocycles. The van der Waals surface area contributed by atoms with Gasteiger partial charge in [-0.05, 0) is 39.3 Å². The Morgan fingerprint density at radius 3 is 2.23 bits per heavy atom. The second-order valence-electron chi connectivity index (χ2n) is 8.59. The van der Waals surface area contributed by atoms with Crippen LogP contribution in [0, 0.1) is 0 Å². The topological polar surface area (TPSA) is 32.8 Å². The van der Waals surface area contributed by atoms with Gasteiger partial charge in [-0.25, -0.2) is 4.79 Å². The molecular formula is C21H34N2O2S. The lowest BCUT2D eigenvalue weighted by atomic mass is 10.1. The van der Waals surface area contributed by atoms with E-state index in [0.29, 0.717) is 0 Å². The van der Waals surface area contributed by atoms with Gasteiger partial charge in [-0.3, -0.25) is 4.90 Å². The summed E-state index contributed by atoms with van der Waals surface area (Å²) in [7, 11) is 0. The first-order valence-corrected chi connectivity index (χ1v) is 10.5. The minimum absolute atomic E-state index is 0.184. The number of nitrogens with zero attached hydrogens (tertiary/aromatic N) is 2. The molecule has 0 spiro atoms. The quantitative estimate of drug-likeness (QED) is 0.722. The molecule has 0 atom stereocenters. The minimum atomic E-state index is -0.422. The number of piperazine rings is 1. The first-order chi connectivity index (χ1) is 12.1. The van der Waals surface area contributed by atoms with Crippen LogP contribution in [0.3, 0.4) is 0 Å². The van der Waals surface area contributed by atoms with Crippen molar-refractivity contribution in [2.24, 2.45) is 0 Å². The summed E-state index contributed by atoms with van der Waals surface area (Å²) < 4.78 is 5.71. The molecule has 146 valence electrons. The predicted molar refractivity (Wildman–Crippen MR) is 111 cm³/mol. The third kappa shape index (κ3) is 7.58. The molecule has 0 radical (unpaired) electrons. The molecule has 0 saturated carbocycles. The van der Waals surface area contributed by atoms with Gasteiger partial charge in [0.1, 0.15) is 5.60 Å². The van der Waals surface area contributed by atoms with Gasteiger partial charge in [0.2, 0.25) is 0 Å². The molecule has 0 unspecified atom stereocenters. The van der Waals surface area contributed by atoms with Crippen LogP contribution in [0.5, 0.6) is 0 Å². The maximum absolute atomic E-state index is 12.1. The molecule has 1 fully saturated rings. The fourth-order valence-electron chi connectivity index (χ4n) is 2.83. The second kappa shape index (κ2) is 9.14. The Balaban J connectivity index is 1.69. The molecular weight excluding hydrogens is 344 g/mol. The van der Waals surface area contributed by atoms with Crippen LogP contribution >= 0.6 is 11.8 Å². The van der Waals surface area contributed by atoms with Gasteiger partial charge in [-0.1, -0.05) is 44.2 Å². The number of benzene rings is 1. The van der Waals surface area contributed by atoms with Gasteiger partial charge >= 0.3 is 6.09 Å². The number of thioether (sulfide) groups is 1. The molecule has 4 nitrogen and oxygen atoms in total. The summed E-state index contributed by atoms with van der Waals surface area (Å²) in [5.41, 5.74) is 0.963. The van der Waals surface area contributed by atoms with Gasteiger partial charge in [0, 0.05) is 36.7 Å². The highest BCUT2D eigenvalue weighted by Crippen LogP contribution is 2.31.